The minimum atomic E-state index is -2.14. The molecule has 1 saturated heterocycles. The highest BCUT2D eigenvalue weighted by Crippen LogP contribution is 2.69. The third-order valence-electron chi connectivity index (χ3n) is 15.0. The summed E-state index contributed by atoms with van der Waals surface area (Å²) in [5, 5.41) is 31.9. The van der Waals surface area contributed by atoms with Crippen molar-refractivity contribution >= 4 is 47.3 Å². The second kappa shape index (κ2) is 18.7. The van der Waals surface area contributed by atoms with Gasteiger partial charge in [0.1, 0.15) is 24.2 Å². The molecule has 3 saturated carbocycles. The molecular formula is C48H64N4O12. The lowest BCUT2D eigenvalue weighted by atomic mass is 9.44. The molecule has 6 rings (SSSR count). The molecule has 0 radical (unpaired) electrons. The van der Waals surface area contributed by atoms with Gasteiger partial charge >= 0.3 is 17.9 Å². The lowest BCUT2D eigenvalue weighted by Crippen LogP contribution is -2.65. The van der Waals surface area contributed by atoms with Crippen molar-refractivity contribution in [2.45, 2.75) is 142 Å². The van der Waals surface area contributed by atoms with E-state index in [2.05, 4.69) is 16.0 Å². The van der Waals surface area contributed by atoms with Crippen molar-refractivity contribution in [1.29, 1.82) is 0 Å². The van der Waals surface area contributed by atoms with Gasteiger partial charge < -0.3 is 40.5 Å². The number of esters is 3. The van der Waals surface area contributed by atoms with Gasteiger partial charge in [-0.15, -0.1) is 0 Å². The summed E-state index contributed by atoms with van der Waals surface area (Å²) in [5.74, 6) is -6.90. The van der Waals surface area contributed by atoms with E-state index in [4.69, 9.17) is 9.47 Å². The van der Waals surface area contributed by atoms with Crippen LogP contribution in [0.1, 0.15) is 111 Å². The SMILES string of the molecule is CCC(=O)O[C@]1(C(O)C(=O)OC(=O)[C@@H](NC(=O)[C@H]2CCCN2C(=O)[C@H](C)NC(=O)[C@H](C)NC(=O)c2ccccc2)C(C)C)CC[C@H]2[C@@H]3CC(C)C4=CC(=O)C=C[C@]4(C)[C@H]3C(O)C[C@@]21C. The van der Waals surface area contributed by atoms with Crippen LogP contribution in [0.4, 0.5) is 0 Å². The number of ether oxygens (including phenoxy) is 2. The van der Waals surface area contributed by atoms with Crippen LogP contribution in [0.5, 0.6) is 0 Å². The van der Waals surface area contributed by atoms with Gasteiger partial charge in [0.05, 0.1) is 6.10 Å². The molecule has 1 aromatic carbocycles. The van der Waals surface area contributed by atoms with Gasteiger partial charge in [0, 0.05) is 35.3 Å². The zero-order valence-electron chi connectivity index (χ0n) is 38.1. The smallest absolute Gasteiger partial charge is 0.346 e. The Bertz CT molecular complexity index is 2100. The molecule has 3 unspecified atom stereocenters. The number of benzene rings is 1. The first kappa shape index (κ1) is 48.2. The van der Waals surface area contributed by atoms with Crippen molar-refractivity contribution in [2.75, 3.05) is 6.54 Å². The number of allylic oxidation sites excluding steroid dienone is 4. The predicted octanol–water partition coefficient (Wildman–Crippen LogP) is 3.09. The molecule has 5 aliphatic rings. The van der Waals surface area contributed by atoms with Gasteiger partial charge in [-0.05, 0) is 100 Å². The predicted molar refractivity (Wildman–Crippen MR) is 231 cm³/mol. The minimum Gasteiger partial charge on any atom is -0.455 e. The number of aliphatic hydroxyl groups is 2. The molecule has 0 aromatic heterocycles. The highest BCUT2D eigenvalue weighted by atomic mass is 16.6. The Morgan fingerprint density at radius 1 is 0.938 bits per heavy atom. The number of carbonyl (C=O) groups is 8. The van der Waals surface area contributed by atoms with Gasteiger partial charge in [0.2, 0.25) is 17.7 Å². The third kappa shape index (κ3) is 8.79. The van der Waals surface area contributed by atoms with E-state index in [0.717, 1.165) is 5.57 Å². The van der Waals surface area contributed by atoms with Crippen LogP contribution in [0.25, 0.3) is 0 Å². The maximum absolute atomic E-state index is 14.1. The molecular weight excluding hydrogens is 825 g/mol. The summed E-state index contributed by atoms with van der Waals surface area (Å²) < 4.78 is 11.5. The molecule has 4 fully saturated rings. The Balaban J connectivity index is 1.13. The highest BCUT2D eigenvalue weighted by molar-refractivity contribution is 6.01. The first-order valence-electron chi connectivity index (χ1n) is 22.7. The summed E-state index contributed by atoms with van der Waals surface area (Å²) in [6, 6.07) is 3.87. The van der Waals surface area contributed by atoms with Gasteiger partial charge in [0.25, 0.3) is 5.91 Å². The first-order chi connectivity index (χ1) is 30.1. The maximum atomic E-state index is 14.1. The molecule has 16 nitrogen and oxygen atoms in total. The van der Waals surface area contributed by atoms with E-state index >= 15 is 0 Å². The molecule has 348 valence electrons. The van der Waals surface area contributed by atoms with Crippen molar-refractivity contribution < 1.29 is 58.0 Å². The number of carbonyl (C=O) groups excluding carboxylic acids is 8. The topological polar surface area (TPSA) is 235 Å². The van der Waals surface area contributed by atoms with E-state index in [-0.39, 0.29) is 61.7 Å². The molecule has 16 heteroatoms. The summed E-state index contributed by atoms with van der Waals surface area (Å²) in [7, 11) is 0. The summed E-state index contributed by atoms with van der Waals surface area (Å²) in [5.41, 5.74) is -2.30. The highest BCUT2D eigenvalue weighted by Gasteiger charge is 2.71. The van der Waals surface area contributed by atoms with Crippen LogP contribution in [0, 0.1) is 40.4 Å². The summed E-state index contributed by atoms with van der Waals surface area (Å²) in [4.78, 5) is 108. The van der Waals surface area contributed by atoms with E-state index < -0.39 is 100 Å². The average Bonchev–Trinajstić information content (AvgIpc) is 3.85. The molecule has 64 heavy (non-hydrogen) atoms. The number of nitrogens with zero attached hydrogens (tertiary/aromatic N) is 1. The molecule has 1 aromatic rings. The maximum Gasteiger partial charge on any atom is 0.346 e. The molecule has 1 heterocycles. The standard InChI is InChI=1S/C48H64N4O12/c1-9-36(55)64-48(20-18-32-31-22-26(4)33-23-30(53)17-19-46(33,7)37(31)35(54)24-47(32,48)8)39(56)45(62)63-44(61)38(25(2)3)51-42(59)34-16-13-21-52(34)43(60)28(6)50-40(57)27(5)49-41(58)29-14-11-10-12-15-29/h10-12,14-15,17,19,23,25-28,31-32,34-35,37-39,54,56H,9,13,16,18,20-22,24H2,1-8H3,(H,49,58)(H,50,57)(H,51,59)/t26?,27-,28-,31-,32-,34+,35?,37+,38-,39?,46-,47-,48-/m0/s1. The van der Waals surface area contributed by atoms with E-state index in [9.17, 15) is 48.6 Å². The summed E-state index contributed by atoms with van der Waals surface area (Å²) in [6.45, 7) is 13.9. The van der Waals surface area contributed by atoms with Crippen LogP contribution in [-0.4, -0.2) is 111 Å². The fraction of sp³-hybridized carbons (Fsp3) is 0.625. The second-order valence-corrected chi connectivity index (χ2v) is 19.3. The molecule has 1 aliphatic heterocycles. The van der Waals surface area contributed by atoms with Crippen molar-refractivity contribution in [3.63, 3.8) is 0 Å². The molecule has 0 bridgehead atoms. The zero-order valence-corrected chi connectivity index (χ0v) is 38.1. The van der Waals surface area contributed by atoms with E-state index in [1.165, 1.54) is 24.8 Å². The quantitative estimate of drug-likeness (QED) is 0.142. The third-order valence-corrected chi connectivity index (χ3v) is 15.0. The number of rotatable bonds is 13. The second-order valence-electron chi connectivity index (χ2n) is 19.3. The number of nitrogens with one attached hydrogen (secondary N) is 3. The van der Waals surface area contributed by atoms with Crippen molar-refractivity contribution in [3.8, 4) is 0 Å². The normalized spacial score (nSPS) is 32.4. The number of hydrogen-bond donors (Lipinski definition) is 5. The number of fused-ring (bicyclic) bond motifs is 5. The fourth-order valence-corrected chi connectivity index (χ4v) is 11.8. The first-order valence-corrected chi connectivity index (χ1v) is 22.7. The summed E-state index contributed by atoms with van der Waals surface area (Å²) >= 11 is 0. The average molecular weight is 889 g/mol. The van der Waals surface area contributed by atoms with Crippen LogP contribution in [0.3, 0.4) is 0 Å². The number of amides is 4. The van der Waals surface area contributed by atoms with Gasteiger partial charge in [-0.3, -0.25) is 28.8 Å². The van der Waals surface area contributed by atoms with Crippen LogP contribution < -0.4 is 16.0 Å². The minimum absolute atomic E-state index is 0.00734. The van der Waals surface area contributed by atoms with Gasteiger partial charge in [-0.2, -0.15) is 0 Å². The van der Waals surface area contributed by atoms with Crippen molar-refractivity contribution in [1.82, 2.24) is 20.9 Å². The lowest BCUT2D eigenvalue weighted by Gasteiger charge is -2.61. The largest absolute Gasteiger partial charge is 0.455 e. The Labute approximate surface area is 374 Å². The van der Waals surface area contributed by atoms with Crippen LogP contribution in [0.2, 0.25) is 0 Å². The van der Waals surface area contributed by atoms with Crippen LogP contribution in [0.15, 0.2) is 54.1 Å². The lowest BCUT2D eigenvalue weighted by molar-refractivity contribution is -0.227. The van der Waals surface area contributed by atoms with Crippen LogP contribution in [-0.2, 0) is 43.0 Å². The van der Waals surface area contributed by atoms with E-state index in [0.29, 0.717) is 24.8 Å². The Morgan fingerprint density at radius 3 is 2.28 bits per heavy atom. The Hall–Kier alpha value is -5.22. The van der Waals surface area contributed by atoms with Crippen LogP contribution >= 0.6 is 0 Å². The Morgan fingerprint density at radius 2 is 1.62 bits per heavy atom. The number of hydrogen-bond acceptors (Lipinski definition) is 12. The van der Waals surface area contributed by atoms with E-state index in [1.807, 2.05) is 26.8 Å². The van der Waals surface area contributed by atoms with Gasteiger partial charge in [-0.25, -0.2) is 9.59 Å². The monoisotopic (exact) mass is 888 g/mol. The number of aliphatic hydroxyl groups excluding tert-OH is 2. The number of ketones is 1. The summed E-state index contributed by atoms with van der Waals surface area (Å²) in [6.07, 6.45) is 3.80. The molecule has 5 N–H and O–H groups in total. The Kier molecular flexibility index (Phi) is 14.1. The van der Waals surface area contributed by atoms with Crippen molar-refractivity contribution in [3.05, 3.63) is 59.7 Å². The van der Waals surface area contributed by atoms with Gasteiger partial charge in [-0.1, -0.05) is 71.4 Å². The number of likely N-dealkylation sites (tertiary alicyclic amines) is 1. The molecule has 13 atom stereocenters. The van der Waals surface area contributed by atoms with Gasteiger partial charge in [0.15, 0.2) is 17.5 Å². The molecule has 4 amide bonds. The fourth-order valence-electron chi connectivity index (χ4n) is 11.8. The van der Waals surface area contributed by atoms with E-state index in [1.54, 1.807) is 57.2 Å². The van der Waals surface area contributed by atoms with Crippen molar-refractivity contribution in [2.24, 2.45) is 40.4 Å². The zero-order chi connectivity index (χ0) is 47.1. The molecule has 4 aliphatic carbocycles. The molecule has 0 spiro atoms.